The van der Waals surface area contributed by atoms with Crippen LogP contribution in [0.2, 0.25) is 0 Å². The highest BCUT2D eigenvalue weighted by molar-refractivity contribution is 5.29. The lowest BCUT2D eigenvalue weighted by atomic mass is 10.3. The maximum atomic E-state index is 12.7. The summed E-state index contributed by atoms with van der Waals surface area (Å²) in [4.78, 5) is 3.36. The highest BCUT2D eigenvalue weighted by atomic mass is 19.4. The van der Waals surface area contributed by atoms with Gasteiger partial charge in [-0.3, -0.25) is 0 Å². The summed E-state index contributed by atoms with van der Waals surface area (Å²) in [6.07, 6.45) is -3.33. The van der Waals surface area contributed by atoms with E-state index in [9.17, 15) is 13.2 Å². The number of halogens is 3. The van der Waals surface area contributed by atoms with Crippen LogP contribution in [0.15, 0.2) is 18.3 Å². The number of fused-ring (bicyclic) bond motifs is 1. The quantitative estimate of drug-likeness (QED) is 0.899. The lowest BCUT2D eigenvalue weighted by molar-refractivity contribution is -0.142. The van der Waals surface area contributed by atoms with Crippen LogP contribution in [-0.4, -0.2) is 24.7 Å². The number of hydrogen-bond acceptors (Lipinski definition) is 3. The summed E-state index contributed by atoms with van der Waals surface area (Å²) >= 11 is 0. The molecule has 6 heteroatoms. The molecule has 1 aliphatic heterocycles. The Morgan fingerprint density at radius 1 is 1.33 bits per heavy atom. The highest BCUT2D eigenvalue weighted by Gasteiger charge is 2.53. The number of piperidine rings is 1. The van der Waals surface area contributed by atoms with Crippen LogP contribution in [0.3, 0.4) is 0 Å². The zero-order valence-electron chi connectivity index (χ0n) is 9.57. The van der Waals surface area contributed by atoms with Gasteiger partial charge in [-0.05, 0) is 37.1 Å². The molecule has 1 saturated heterocycles. The van der Waals surface area contributed by atoms with Crippen LogP contribution in [0.4, 0.5) is 13.2 Å². The molecule has 18 heavy (non-hydrogen) atoms. The van der Waals surface area contributed by atoms with Gasteiger partial charge < -0.3 is 10.1 Å². The summed E-state index contributed by atoms with van der Waals surface area (Å²) in [5.41, 5.74) is -0.936. The molecule has 2 atom stereocenters. The zero-order valence-corrected chi connectivity index (χ0v) is 9.57. The lowest BCUT2D eigenvalue weighted by Gasteiger charge is -2.13. The minimum Gasteiger partial charge on any atom is -0.491 e. The third kappa shape index (κ3) is 2.05. The minimum atomic E-state index is -4.46. The second-order valence-electron chi connectivity index (χ2n) is 4.81. The summed E-state index contributed by atoms with van der Waals surface area (Å²) in [5, 5.41) is 3.24. The van der Waals surface area contributed by atoms with Gasteiger partial charge in [-0.2, -0.15) is 13.2 Å². The van der Waals surface area contributed by atoms with E-state index in [1.807, 2.05) is 0 Å². The molecule has 2 fully saturated rings. The molecule has 3 rings (SSSR count). The van der Waals surface area contributed by atoms with Crippen molar-refractivity contribution in [1.29, 1.82) is 0 Å². The Bertz CT molecular complexity index is 439. The van der Waals surface area contributed by atoms with Gasteiger partial charge >= 0.3 is 6.18 Å². The second-order valence-corrected chi connectivity index (χ2v) is 4.81. The van der Waals surface area contributed by atoms with Gasteiger partial charge in [-0.25, -0.2) is 4.98 Å². The molecule has 1 aromatic heterocycles. The van der Waals surface area contributed by atoms with E-state index >= 15 is 0 Å². The summed E-state index contributed by atoms with van der Waals surface area (Å²) in [6.45, 7) is 2.27. The number of ether oxygens (including phenoxy) is 1. The normalized spacial score (nSPS) is 30.1. The van der Waals surface area contributed by atoms with Crippen molar-refractivity contribution < 1.29 is 17.9 Å². The molecule has 2 aliphatic rings. The molecule has 0 bridgehead atoms. The van der Waals surface area contributed by atoms with Gasteiger partial charge in [0.2, 0.25) is 0 Å². The molecule has 0 radical (unpaired) electrons. The second kappa shape index (κ2) is 4.12. The number of nitrogens with zero attached hydrogens (tertiary/aromatic N) is 1. The van der Waals surface area contributed by atoms with Crippen LogP contribution >= 0.6 is 0 Å². The van der Waals surface area contributed by atoms with Gasteiger partial charge in [-0.15, -0.1) is 0 Å². The largest absolute Gasteiger partial charge is 0.491 e. The van der Waals surface area contributed by atoms with E-state index in [1.54, 1.807) is 0 Å². The van der Waals surface area contributed by atoms with E-state index in [0.29, 0.717) is 24.4 Å². The number of hydrogen-bond donors (Lipinski definition) is 1. The SMILES string of the molecule is FC(F)(F)c1ncccc1OCC1C2CNCC21. The lowest BCUT2D eigenvalue weighted by Crippen LogP contribution is -2.18. The minimum absolute atomic E-state index is 0.164. The van der Waals surface area contributed by atoms with Crippen molar-refractivity contribution in [2.24, 2.45) is 17.8 Å². The Kier molecular flexibility index (Phi) is 2.69. The molecule has 2 unspecified atom stereocenters. The molecular weight excluding hydrogens is 245 g/mol. The fraction of sp³-hybridized carbons (Fsp3) is 0.583. The fourth-order valence-corrected chi connectivity index (χ4v) is 2.70. The van der Waals surface area contributed by atoms with Gasteiger partial charge in [0.15, 0.2) is 5.69 Å². The van der Waals surface area contributed by atoms with E-state index in [2.05, 4.69) is 10.3 Å². The van der Waals surface area contributed by atoms with Crippen molar-refractivity contribution in [1.82, 2.24) is 10.3 Å². The van der Waals surface area contributed by atoms with Crippen LogP contribution in [0.1, 0.15) is 5.69 Å². The van der Waals surface area contributed by atoms with Crippen LogP contribution in [0.5, 0.6) is 5.75 Å². The maximum Gasteiger partial charge on any atom is 0.437 e. The van der Waals surface area contributed by atoms with Gasteiger partial charge in [0.1, 0.15) is 5.75 Å². The van der Waals surface area contributed by atoms with E-state index < -0.39 is 11.9 Å². The molecular formula is C12H13F3N2O. The Morgan fingerprint density at radius 3 is 2.72 bits per heavy atom. The number of alkyl halides is 3. The Balaban J connectivity index is 1.66. The number of nitrogens with one attached hydrogen (secondary N) is 1. The van der Waals surface area contributed by atoms with Crippen molar-refractivity contribution >= 4 is 0 Å². The Morgan fingerprint density at radius 2 is 2.06 bits per heavy atom. The van der Waals surface area contributed by atoms with Crippen LogP contribution < -0.4 is 10.1 Å². The molecule has 1 saturated carbocycles. The summed E-state index contributed by atoms with van der Waals surface area (Å²) in [7, 11) is 0. The molecule has 1 aliphatic carbocycles. The van der Waals surface area contributed by atoms with E-state index in [0.717, 1.165) is 19.3 Å². The predicted molar refractivity (Wildman–Crippen MR) is 58.1 cm³/mol. The molecule has 0 aromatic carbocycles. The average molecular weight is 258 g/mol. The van der Waals surface area contributed by atoms with E-state index in [1.165, 1.54) is 12.1 Å². The van der Waals surface area contributed by atoms with Crippen LogP contribution in [-0.2, 0) is 6.18 Å². The average Bonchev–Trinajstić information content (AvgIpc) is 2.77. The summed E-state index contributed by atoms with van der Waals surface area (Å²) < 4.78 is 43.3. The highest BCUT2D eigenvalue weighted by Crippen LogP contribution is 2.48. The van der Waals surface area contributed by atoms with Crippen molar-refractivity contribution in [3.05, 3.63) is 24.0 Å². The first kappa shape index (κ1) is 11.8. The smallest absolute Gasteiger partial charge is 0.437 e. The van der Waals surface area contributed by atoms with Crippen molar-refractivity contribution in [3.63, 3.8) is 0 Å². The molecule has 2 heterocycles. The molecule has 1 aromatic rings. The Hall–Kier alpha value is -1.30. The van der Waals surface area contributed by atoms with E-state index in [4.69, 9.17) is 4.74 Å². The third-order valence-electron chi connectivity index (χ3n) is 3.74. The molecule has 98 valence electrons. The third-order valence-corrected chi connectivity index (χ3v) is 3.74. The fourth-order valence-electron chi connectivity index (χ4n) is 2.70. The predicted octanol–water partition coefficient (Wildman–Crippen LogP) is 1.94. The number of aromatic nitrogens is 1. The topological polar surface area (TPSA) is 34.1 Å². The maximum absolute atomic E-state index is 12.7. The van der Waals surface area contributed by atoms with Gasteiger partial charge in [0.05, 0.1) is 6.61 Å². The molecule has 0 amide bonds. The van der Waals surface area contributed by atoms with Gasteiger partial charge in [0.25, 0.3) is 0 Å². The first-order valence-electron chi connectivity index (χ1n) is 5.93. The molecule has 1 N–H and O–H groups in total. The van der Waals surface area contributed by atoms with Crippen molar-refractivity contribution in [3.8, 4) is 5.75 Å². The Labute approximate surface area is 102 Å². The standard InChI is InChI=1S/C12H13F3N2O/c13-12(14,15)11-10(2-1-3-17-11)18-6-9-7-4-16-5-8(7)9/h1-3,7-9,16H,4-6H2. The number of pyridine rings is 1. The van der Waals surface area contributed by atoms with Crippen molar-refractivity contribution in [2.75, 3.05) is 19.7 Å². The van der Waals surface area contributed by atoms with Crippen LogP contribution in [0.25, 0.3) is 0 Å². The van der Waals surface area contributed by atoms with Crippen molar-refractivity contribution in [2.45, 2.75) is 6.18 Å². The van der Waals surface area contributed by atoms with Gasteiger partial charge in [0, 0.05) is 12.1 Å². The number of rotatable bonds is 3. The summed E-state index contributed by atoms with van der Waals surface area (Å²) in [6, 6.07) is 2.78. The van der Waals surface area contributed by atoms with Crippen LogP contribution in [0, 0.1) is 17.8 Å². The first-order chi connectivity index (χ1) is 8.57. The molecule has 3 nitrogen and oxygen atoms in total. The summed E-state index contributed by atoms with van der Waals surface area (Å²) in [5.74, 6) is 1.39. The zero-order chi connectivity index (χ0) is 12.8. The molecule has 0 spiro atoms. The first-order valence-corrected chi connectivity index (χ1v) is 5.93. The van der Waals surface area contributed by atoms with E-state index in [-0.39, 0.29) is 5.75 Å². The van der Waals surface area contributed by atoms with Gasteiger partial charge in [-0.1, -0.05) is 0 Å². The monoisotopic (exact) mass is 258 g/mol.